The Bertz CT molecular complexity index is 308. The number of carbonyl (C=O) groups excluding carboxylic acids is 1. The minimum atomic E-state index is -0.901. The van der Waals surface area contributed by atoms with E-state index in [0.717, 1.165) is 6.42 Å². The Morgan fingerprint density at radius 1 is 1.33 bits per heavy atom. The lowest BCUT2D eigenvalue weighted by atomic mass is 10.0. The van der Waals surface area contributed by atoms with Gasteiger partial charge in [0.15, 0.2) is 0 Å². The largest absolute Gasteiger partial charge is 0.481 e. The number of carboxylic acids is 1. The fourth-order valence-electron chi connectivity index (χ4n) is 2.25. The third kappa shape index (κ3) is 3.13. The molecule has 0 bridgehead atoms. The number of amides is 2. The van der Waals surface area contributed by atoms with Crippen LogP contribution < -0.4 is 0 Å². The van der Waals surface area contributed by atoms with Gasteiger partial charge in [-0.15, -0.1) is 0 Å². The highest BCUT2D eigenvalue weighted by Crippen LogP contribution is 2.21. The number of hydrogen-bond acceptors (Lipinski definition) is 3. The second kappa shape index (κ2) is 6.58. The van der Waals surface area contributed by atoms with Crippen molar-refractivity contribution in [3.8, 4) is 0 Å². The molecular formula is C12H22N2O4. The maximum atomic E-state index is 12.2. The van der Waals surface area contributed by atoms with E-state index in [2.05, 4.69) is 0 Å². The van der Waals surface area contributed by atoms with E-state index in [1.807, 2.05) is 13.8 Å². The van der Waals surface area contributed by atoms with Crippen LogP contribution in [-0.4, -0.2) is 66.3 Å². The molecule has 6 heteroatoms. The molecule has 2 unspecified atom stereocenters. The number of likely N-dealkylation sites (N-methyl/N-ethyl adjacent to an activating group) is 1. The molecule has 1 rings (SSSR count). The number of nitrogens with zero attached hydrogens (tertiary/aromatic N) is 2. The summed E-state index contributed by atoms with van der Waals surface area (Å²) in [4.78, 5) is 26.6. The molecule has 1 saturated heterocycles. The van der Waals surface area contributed by atoms with Crippen LogP contribution in [0.2, 0.25) is 0 Å². The molecule has 1 aliphatic heterocycles. The number of rotatable bonds is 5. The molecule has 0 aromatic carbocycles. The summed E-state index contributed by atoms with van der Waals surface area (Å²) < 4.78 is 5.21. The van der Waals surface area contributed by atoms with Gasteiger partial charge in [-0.25, -0.2) is 4.79 Å². The maximum absolute atomic E-state index is 12.2. The molecule has 1 heterocycles. The molecule has 0 aromatic heterocycles. The number of urea groups is 1. The molecule has 2 amide bonds. The van der Waals surface area contributed by atoms with E-state index in [1.54, 1.807) is 16.8 Å². The Kier molecular flexibility index (Phi) is 5.40. The summed E-state index contributed by atoms with van der Waals surface area (Å²) in [6, 6.07) is -0.486. The van der Waals surface area contributed by atoms with Crippen molar-refractivity contribution in [2.45, 2.75) is 26.3 Å². The van der Waals surface area contributed by atoms with Gasteiger partial charge in [-0.3, -0.25) is 4.79 Å². The predicted octanol–water partition coefficient (Wildman–Crippen LogP) is 0.870. The van der Waals surface area contributed by atoms with Crippen molar-refractivity contribution >= 4 is 12.0 Å². The first-order valence-electron chi connectivity index (χ1n) is 6.35. The molecule has 6 nitrogen and oxygen atoms in total. The van der Waals surface area contributed by atoms with Crippen LogP contribution in [0, 0.1) is 5.92 Å². The number of carboxylic acid groups (broad SMARTS) is 1. The first-order chi connectivity index (χ1) is 8.52. The highest BCUT2D eigenvalue weighted by molar-refractivity contribution is 5.77. The summed E-state index contributed by atoms with van der Waals surface area (Å²) in [5, 5.41) is 9.12. The van der Waals surface area contributed by atoms with Crippen molar-refractivity contribution in [1.82, 2.24) is 9.80 Å². The van der Waals surface area contributed by atoms with E-state index in [-0.39, 0.29) is 18.7 Å². The summed E-state index contributed by atoms with van der Waals surface area (Å²) in [5.41, 5.74) is 0. The van der Waals surface area contributed by atoms with Gasteiger partial charge in [0.25, 0.3) is 0 Å². The SMILES string of the molecule is CCCN(C)C(=O)N(CC)C1COCC1C(=O)O. The van der Waals surface area contributed by atoms with E-state index >= 15 is 0 Å². The summed E-state index contributed by atoms with van der Waals surface area (Å²) in [5.74, 6) is -1.52. The van der Waals surface area contributed by atoms with Crippen molar-refractivity contribution in [1.29, 1.82) is 0 Å². The molecule has 18 heavy (non-hydrogen) atoms. The van der Waals surface area contributed by atoms with Crippen LogP contribution in [0.15, 0.2) is 0 Å². The molecule has 0 saturated carbocycles. The van der Waals surface area contributed by atoms with E-state index in [9.17, 15) is 9.59 Å². The van der Waals surface area contributed by atoms with Crippen molar-refractivity contribution < 1.29 is 19.4 Å². The van der Waals surface area contributed by atoms with Crippen molar-refractivity contribution in [2.75, 3.05) is 33.4 Å². The zero-order chi connectivity index (χ0) is 13.7. The third-order valence-electron chi connectivity index (χ3n) is 3.24. The topological polar surface area (TPSA) is 70.1 Å². The summed E-state index contributed by atoms with van der Waals surface area (Å²) >= 11 is 0. The van der Waals surface area contributed by atoms with Crippen molar-refractivity contribution in [3.05, 3.63) is 0 Å². The number of carbonyl (C=O) groups is 2. The Labute approximate surface area is 107 Å². The molecule has 1 N–H and O–H groups in total. The number of ether oxygens (including phenoxy) is 1. The molecular weight excluding hydrogens is 236 g/mol. The lowest BCUT2D eigenvalue weighted by Gasteiger charge is -2.32. The first-order valence-corrected chi connectivity index (χ1v) is 6.35. The Morgan fingerprint density at radius 3 is 2.50 bits per heavy atom. The number of aliphatic carboxylic acids is 1. The third-order valence-corrected chi connectivity index (χ3v) is 3.24. The predicted molar refractivity (Wildman–Crippen MR) is 66.4 cm³/mol. The van der Waals surface area contributed by atoms with Gasteiger partial charge in [-0.05, 0) is 13.3 Å². The van der Waals surface area contributed by atoms with Crippen molar-refractivity contribution in [3.63, 3.8) is 0 Å². The minimum absolute atomic E-state index is 0.124. The molecule has 104 valence electrons. The van der Waals surface area contributed by atoms with E-state index in [4.69, 9.17) is 9.84 Å². The second-order valence-corrected chi connectivity index (χ2v) is 4.54. The highest BCUT2D eigenvalue weighted by Gasteiger charge is 2.40. The average Bonchev–Trinajstić information content (AvgIpc) is 2.79. The zero-order valence-electron chi connectivity index (χ0n) is 11.3. The normalized spacial score (nSPS) is 22.8. The summed E-state index contributed by atoms with van der Waals surface area (Å²) in [6.45, 7) is 5.50. The van der Waals surface area contributed by atoms with Gasteiger partial charge in [0, 0.05) is 20.1 Å². The second-order valence-electron chi connectivity index (χ2n) is 4.54. The average molecular weight is 258 g/mol. The maximum Gasteiger partial charge on any atom is 0.320 e. The Morgan fingerprint density at radius 2 is 2.00 bits per heavy atom. The van der Waals surface area contributed by atoms with Gasteiger partial charge in [0.05, 0.1) is 19.3 Å². The van der Waals surface area contributed by atoms with Crippen molar-refractivity contribution in [2.24, 2.45) is 5.92 Å². The lowest BCUT2D eigenvalue weighted by molar-refractivity contribution is -0.142. The van der Waals surface area contributed by atoms with Crippen LogP contribution in [0.4, 0.5) is 4.79 Å². The van der Waals surface area contributed by atoms with Gasteiger partial charge >= 0.3 is 12.0 Å². The molecule has 0 aliphatic carbocycles. The molecule has 0 radical (unpaired) electrons. The van der Waals surface area contributed by atoms with Gasteiger partial charge in [-0.2, -0.15) is 0 Å². The lowest BCUT2D eigenvalue weighted by Crippen LogP contribution is -2.51. The fraction of sp³-hybridized carbons (Fsp3) is 0.833. The van der Waals surface area contributed by atoms with Crippen LogP contribution in [0.3, 0.4) is 0 Å². The van der Waals surface area contributed by atoms with Crippen LogP contribution in [0.1, 0.15) is 20.3 Å². The molecule has 0 spiro atoms. The number of hydrogen-bond donors (Lipinski definition) is 1. The van der Waals surface area contributed by atoms with Crippen LogP contribution in [-0.2, 0) is 9.53 Å². The highest BCUT2D eigenvalue weighted by atomic mass is 16.5. The van der Waals surface area contributed by atoms with Crippen LogP contribution >= 0.6 is 0 Å². The molecule has 0 aromatic rings. The monoisotopic (exact) mass is 258 g/mol. The van der Waals surface area contributed by atoms with Gasteiger partial charge in [0.1, 0.15) is 5.92 Å². The Balaban J connectivity index is 2.76. The van der Waals surface area contributed by atoms with Crippen LogP contribution in [0.25, 0.3) is 0 Å². The van der Waals surface area contributed by atoms with Gasteiger partial charge in [-0.1, -0.05) is 6.92 Å². The van der Waals surface area contributed by atoms with E-state index < -0.39 is 11.9 Å². The summed E-state index contributed by atoms with van der Waals surface area (Å²) in [6.07, 6.45) is 0.878. The summed E-state index contributed by atoms with van der Waals surface area (Å²) in [7, 11) is 1.74. The minimum Gasteiger partial charge on any atom is -0.481 e. The van der Waals surface area contributed by atoms with Gasteiger partial charge in [0.2, 0.25) is 0 Å². The molecule has 2 atom stereocenters. The molecule has 1 fully saturated rings. The van der Waals surface area contributed by atoms with Crippen LogP contribution in [0.5, 0.6) is 0 Å². The smallest absolute Gasteiger partial charge is 0.320 e. The molecule has 1 aliphatic rings. The standard InChI is InChI=1S/C12H22N2O4/c1-4-6-13(3)12(17)14(5-2)10-8-18-7-9(10)11(15)16/h9-10H,4-8H2,1-3H3,(H,15,16). The van der Waals surface area contributed by atoms with E-state index in [0.29, 0.717) is 19.7 Å². The fourth-order valence-corrected chi connectivity index (χ4v) is 2.25. The van der Waals surface area contributed by atoms with Gasteiger partial charge < -0.3 is 19.6 Å². The Hall–Kier alpha value is -1.30. The first kappa shape index (κ1) is 14.8. The van der Waals surface area contributed by atoms with E-state index in [1.165, 1.54) is 0 Å². The quantitative estimate of drug-likeness (QED) is 0.794. The zero-order valence-corrected chi connectivity index (χ0v) is 11.3.